The molecule has 0 aliphatic carbocycles. The summed E-state index contributed by atoms with van der Waals surface area (Å²) < 4.78 is 0. The fraction of sp³-hybridized carbons (Fsp3) is 0.143. The summed E-state index contributed by atoms with van der Waals surface area (Å²) in [7, 11) is 3.68. The fourth-order valence-electron chi connectivity index (χ4n) is 1.26. The molecule has 4 heteroatoms. The molecule has 0 radical (unpaired) electrons. The number of hydrogen-bond donors (Lipinski definition) is 4. The average Bonchev–Trinajstić information content (AvgIpc) is 2.41. The van der Waals surface area contributed by atoms with E-state index in [-0.39, 0.29) is 0 Å². The smallest absolute Gasteiger partial charge is 0.115 e. The minimum absolute atomic E-state index is 0.300. The van der Waals surface area contributed by atoms with Crippen LogP contribution < -0.4 is 10.6 Å². The molecule has 0 atom stereocenters. The molecule has 18 heavy (non-hydrogen) atoms. The fourth-order valence-corrected chi connectivity index (χ4v) is 1.26. The van der Waals surface area contributed by atoms with E-state index in [0.717, 1.165) is 11.4 Å². The number of rotatable bonds is 2. The van der Waals surface area contributed by atoms with Crippen molar-refractivity contribution in [3.8, 4) is 11.5 Å². The summed E-state index contributed by atoms with van der Waals surface area (Å²) in [6, 6.07) is 13.8. The maximum atomic E-state index is 8.82. The van der Waals surface area contributed by atoms with E-state index >= 15 is 0 Å². The van der Waals surface area contributed by atoms with Gasteiger partial charge in [-0.05, 0) is 48.5 Å². The van der Waals surface area contributed by atoms with Crippen LogP contribution in [0.4, 0.5) is 11.4 Å². The molecular weight excluding hydrogens is 228 g/mol. The minimum Gasteiger partial charge on any atom is -0.508 e. The van der Waals surface area contributed by atoms with Crippen LogP contribution in [0.15, 0.2) is 48.5 Å². The monoisotopic (exact) mass is 246 g/mol. The summed E-state index contributed by atoms with van der Waals surface area (Å²) in [5.74, 6) is 0.600. The first-order chi connectivity index (χ1) is 8.65. The van der Waals surface area contributed by atoms with E-state index in [1.54, 1.807) is 24.3 Å². The Kier molecular flexibility index (Phi) is 5.38. The van der Waals surface area contributed by atoms with E-state index < -0.39 is 0 Å². The van der Waals surface area contributed by atoms with Crippen molar-refractivity contribution in [3.05, 3.63) is 48.5 Å². The maximum absolute atomic E-state index is 8.82. The third-order valence-corrected chi connectivity index (χ3v) is 2.31. The van der Waals surface area contributed by atoms with Crippen LogP contribution in [0.5, 0.6) is 11.5 Å². The van der Waals surface area contributed by atoms with E-state index in [2.05, 4.69) is 10.6 Å². The van der Waals surface area contributed by atoms with E-state index in [4.69, 9.17) is 10.2 Å². The number of phenols is 2. The van der Waals surface area contributed by atoms with Gasteiger partial charge in [-0.3, -0.25) is 0 Å². The summed E-state index contributed by atoms with van der Waals surface area (Å²) in [5, 5.41) is 23.5. The molecule has 0 amide bonds. The normalized spacial score (nSPS) is 9.00. The number of nitrogens with one attached hydrogen (secondary N) is 2. The Bertz CT molecular complexity index is 407. The van der Waals surface area contributed by atoms with Gasteiger partial charge >= 0.3 is 0 Å². The lowest BCUT2D eigenvalue weighted by Crippen LogP contribution is -1.84. The Hall–Kier alpha value is -2.36. The van der Waals surface area contributed by atoms with Crippen molar-refractivity contribution in [3.63, 3.8) is 0 Å². The molecule has 0 fully saturated rings. The Morgan fingerprint density at radius 3 is 1.11 bits per heavy atom. The van der Waals surface area contributed by atoms with Gasteiger partial charge in [0.2, 0.25) is 0 Å². The van der Waals surface area contributed by atoms with Crippen molar-refractivity contribution >= 4 is 11.4 Å². The van der Waals surface area contributed by atoms with E-state index in [0.29, 0.717) is 11.5 Å². The molecule has 2 aromatic carbocycles. The quantitative estimate of drug-likeness (QED) is 0.615. The molecule has 0 saturated heterocycles. The predicted molar refractivity (Wildman–Crippen MR) is 75.3 cm³/mol. The standard InChI is InChI=1S/2C7H9NO/c2*1-8-6-2-4-7(9)5-3-6/h2*2-5,8-9H,1H3. The first-order valence-electron chi connectivity index (χ1n) is 5.59. The van der Waals surface area contributed by atoms with Crippen molar-refractivity contribution in [1.29, 1.82) is 0 Å². The lowest BCUT2D eigenvalue weighted by molar-refractivity contribution is 0.475. The summed E-state index contributed by atoms with van der Waals surface area (Å²) in [5.41, 5.74) is 2.01. The van der Waals surface area contributed by atoms with Crippen LogP contribution in [0, 0.1) is 0 Å². The van der Waals surface area contributed by atoms with Gasteiger partial charge in [-0.1, -0.05) is 0 Å². The van der Waals surface area contributed by atoms with Crippen LogP contribution >= 0.6 is 0 Å². The van der Waals surface area contributed by atoms with Gasteiger partial charge < -0.3 is 20.8 Å². The van der Waals surface area contributed by atoms with Crippen LogP contribution in [0.2, 0.25) is 0 Å². The van der Waals surface area contributed by atoms with Gasteiger partial charge in [0.25, 0.3) is 0 Å². The van der Waals surface area contributed by atoms with Crippen molar-refractivity contribution in [2.24, 2.45) is 0 Å². The van der Waals surface area contributed by atoms with Crippen molar-refractivity contribution in [2.75, 3.05) is 24.7 Å². The largest absolute Gasteiger partial charge is 0.508 e. The molecule has 0 heterocycles. The number of phenolic OH excluding ortho intramolecular Hbond substituents is 2. The van der Waals surface area contributed by atoms with Gasteiger partial charge in [0.1, 0.15) is 11.5 Å². The minimum atomic E-state index is 0.300. The highest BCUT2D eigenvalue weighted by Gasteiger charge is 1.86. The number of hydrogen-bond acceptors (Lipinski definition) is 4. The number of aromatic hydroxyl groups is 2. The summed E-state index contributed by atoms with van der Waals surface area (Å²) in [6.45, 7) is 0. The van der Waals surface area contributed by atoms with Gasteiger partial charge in [0, 0.05) is 25.5 Å². The molecule has 2 aromatic rings. The third-order valence-electron chi connectivity index (χ3n) is 2.31. The Morgan fingerprint density at radius 1 is 0.611 bits per heavy atom. The van der Waals surface area contributed by atoms with Gasteiger partial charge in [-0.25, -0.2) is 0 Å². The van der Waals surface area contributed by atoms with Gasteiger partial charge in [-0.15, -0.1) is 0 Å². The van der Waals surface area contributed by atoms with Gasteiger partial charge in [0.15, 0.2) is 0 Å². The van der Waals surface area contributed by atoms with E-state index in [9.17, 15) is 0 Å². The summed E-state index contributed by atoms with van der Waals surface area (Å²) in [6.07, 6.45) is 0. The van der Waals surface area contributed by atoms with Crippen LogP contribution in [-0.4, -0.2) is 24.3 Å². The first-order valence-corrected chi connectivity index (χ1v) is 5.59. The topological polar surface area (TPSA) is 64.5 Å². The highest BCUT2D eigenvalue weighted by Crippen LogP contribution is 2.12. The zero-order valence-corrected chi connectivity index (χ0v) is 10.5. The molecule has 0 aliphatic rings. The first kappa shape index (κ1) is 13.7. The molecule has 0 bridgehead atoms. The molecule has 2 rings (SSSR count). The predicted octanol–water partition coefficient (Wildman–Crippen LogP) is 2.87. The highest BCUT2D eigenvalue weighted by molar-refractivity contribution is 5.45. The molecule has 0 spiro atoms. The second-order valence-electron chi connectivity index (χ2n) is 3.59. The maximum Gasteiger partial charge on any atom is 0.115 e. The Labute approximate surface area is 107 Å². The molecule has 96 valence electrons. The Morgan fingerprint density at radius 2 is 0.889 bits per heavy atom. The molecule has 0 aliphatic heterocycles. The molecule has 4 nitrogen and oxygen atoms in total. The zero-order valence-electron chi connectivity index (χ0n) is 10.5. The van der Waals surface area contributed by atoms with Gasteiger partial charge in [0.05, 0.1) is 0 Å². The van der Waals surface area contributed by atoms with Crippen molar-refractivity contribution in [2.45, 2.75) is 0 Å². The Balaban J connectivity index is 0.000000180. The van der Waals surface area contributed by atoms with Crippen LogP contribution in [0.25, 0.3) is 0 Å². The molecule has 0 aromatic heterocycles. The summed E-state index contributed by atoms with van der Waals surface area (Å²) in [4.78, 5) is 0. The zero-order chi connectivity index (χ0) is 13.4. The number of benzene rings is 2. The molecular formula is C14H18N2O2. The van der Waals surface area contributed by atoms with Crippen LogP contribution in [0.3, 0.4) is 0 Å². The van der Waals surface area contributed by atoms with E-state index in [1.807, 2.05) is 38.4 Å². The van der Waals surface area contributed by atoms with Crippen molar-refractivity contribution < 1.29 is 10.2 Å². The second-order valence-corrected chi connectivity index (χ2v) is 3.59. The van der Waals surface area contributed by atoms with Crippen LogP contribution in [0.1, 0.15) is 0 Å². The SMILES string of the molecule is CNc1ccc(O)cc1.CNc1ccc(O)cc1. The molecule has 4 N–H and O–H groups in total. The molecule has 0 saturated carbocycles. The van der Waals surface area contributed by atoms with E-state index in [1.165, 1.54) is 0 Å². The number of anilines is 2. The lowest BCUT2D eigenvalue weighted by Gasteiger charge is -1.96. The second kappa shape index (κ2) is 7.06. The third kappa shape index (κ3) is 4.65. The van der Waals surface area contributed by atoms with Gasteiger partial charge in [-0.2, -0.15) is 0 Å². The summed E-state index contributed by atoms with van der Waals surface area (Å²) >= 11 is 0. The van der Waals surface area contributed by atoms with Crippen LogP contribution in [-0.2, 0) is 0 Å². The molecule has 0 unspecified atom stereocenters. The van der Waals surface area contributed by atoms with Crippen molar-refractivity contribution in [1.82, 2.24) is 0 Å². The average molecular weight is 246 g/mol. The highest BCUT2D eigenvalue weighted by atomic mass is 16.3. The lowest BCUT2D eigenvalue weighted by atomic mass is 10.3.